The van der Waals surface area contributed by atoms with Gasteiger partial charge in [-0.2, -0.15) is 4.31 Å². The molecule has 0 unspecified atom stereocenters. The van der Waals surface area contributed by atoms with E-state index < -0.39 is 63.3 Å². The Balaban J connectivity index is 0.000000499. The van der Waals surface area contributed by atoms with Crippen LogP contribution < -0.4 is 10.1 Å². The van der Waals surface area contributed by atoms with Gasteiger partial charge >= 0.3 is 24.4 Å². The highest BCUT2D eigenvalue weighted by atomic mass is 32.2. The van der Waals surface area contributed by atoms with Gasteiger partial charge in [-0.15, -0.1) is 13.2 Å². The lowest BCUT2D eigenvalue weighted by Crippen LogP contribution is -2.59. The summed E-state index contributed by atoms with van der Waals surface area (Å²) in [5.41, 5.74) is -0.820. The van der Waals surface area contributed by atoms with Crippen molar-refractivity contribution in [2.24, 2.45) is 5.92 Å². The molecule has 16 heteroatoms. The Hall–Kier alpha value is -3.11. The Kier molecular flexibility index (Phi) is 10.6. The number of nitrogens with one attached hydrogen (secondary N) is 1. The van der Waals surface area contributed by atoms with Gasteiger partial charge in [0.1, 0.15) is 17.4 Å². The number of piperidine rings is 1. The molecule has 0 spiro atoms. The molecule has 0 radical (unpaired) electrons. The summed E-state index contributed by atoms with van der Waals surface area (Å²) in [7, 11) is -4.36. The minimum Gasteiger partial charge on any atom is -0.481 e. The second kappa shape index (κ2) is 12.8. The maximum Gasteiger partial charge on any atom is 0.573 e. The second-order valence-corrected chi connectivity index (χ2v) is 11.7. The number of rotatable bonds is 5. The SMILES string of the molecule is CC(C)(C)OC(=O)N1CCN(S(=O)(=O)c2ccc(OC(F)(F)F)cc2)[C@@H](C(=O)O)C1.O=C(O)[C@@H]1CCCNC1. The zero-order valence-electron chi connectivity index (χ0n) is 21.6. The zero-order chi connectivity index (χ0) is 29.6. The van der Waals surface area contributed by atoms with Gasteiger partial charge in [0.05, 0.1) is 17.4 Å². The molecule has 0 bridgehead atoms. The van der Waals surface area contributed by atoms with Crippen molar-refractivity contribution in [1.82, 2.24) is 14.5 Å². The average molecular weight is 584 g/mol. The molecule has 2 saturated heterocycles. The smallest absolute Gasteiger partial charge is 0.481 e. The first-order valence-electron chi connectivity index (χ1n) is 11.9. The van der Waals surface area contributed by atoms with Crippen molar-refractivity contribution in [3.8, 4) is 5.75 Å². The van der Waals surface area contributed by atoms with E-state index in [1.165, 1.54) is 0 Å². The van der Waals surface area contributed by atoms with Crippen LogP contribution in [0, 0.1) is 5.92 Å². The van der Waals surface area contributed by atoms with Gasteiger partial charge in [0.15, 0.2) is 0 Å². The maximum absolute atomic E-state index is 12.9. The highest BCUT2D eigenvalue weighted by Gasteiger charge is 2.42. The molecule has 220 valence electrons. The lowest BCUT2D eigenvalue weighted by atomic mass is 10.0. The first-order chi connectivity index (χ1) is 17.9. The number of hydrogen-bond acceptors (Lipinski definition) is 8. The van der Waals surface area contributed by atoms with Crippen molar-refractivity contribution in [2.45, 2.75) is 56.5 Å². The first-order valence-corrected chi connectivity index (χ1v) is 13.4. The molecule has 3 rings (SSSR count). The van der Waals surface area contributed by atoms with Crippen molar-refractivity contribution in [1.29, 1.82) is 0 Å². The number of halogens is 3. The van der Waals surface area contributed by atoms with Crippen LogP contribution in [0.25, 0.3) is 0 Å². The topological polar surface area (TPSA) is 163 Å². The van der Waals surface area contributed by atoms with E-state index in [0.29, 0.717) is 10.8 Å². The fraction of sp³-hybridized carbons (Fsp3) is 0.609. The highest BCUT2D eigenvalue weighted by molar-refractivity contribution is 7.89. The monoisotopic (exact) mass is 583 g/mol. The molecule has 0 saturated carbocycles. The highest BCUT2D eigenvalue weighted by Crippen LogP contribution is 2.27. The second-order valence-electron chi connectivity index (χ2n) is 9.80. The van der Waals surface area contributed by atoms with E-state index in [2.05, 4.69) is 10.1 Å². The molecular weight excluding hydrogens is 551 g/mol. The van der Waals surface area contributed by atoms with Crippen LogP contribution in [0.1, 0.15) is 33.6 Å². The van der Waals surface area contributed by atoms with Gasteiger partial charge in [-0.25, -0.2) is 13.2 Å². The molecule has 3 N–H and O–H groups in total. The van der Waals surface area contributed by atoms with E-state index >= 15 is 0 Å². The molecule has 0 aromatic heterocycles. The molecular formula is C23H32F3N3O9S. The van der Waals surface area contributed by atoms with Gasteiger partial charge in [-0.3, -0.25) is 9.59 Å². The summed E-state index contributed by atoms with van der Waals surface area (Å²) in [6, 6.07) is 1.80. The normalized spacial score (nSPS) is 20.8. The van der Waals surface area contributed by atoms with Crippen molar-refractivity contribution in [3.05, 3.63) is 24.3 Å². The third-order valence-corrected chi connectivity index (χ3v) is 7.50. The van der Waals surface area contributed by atoms with E-state index in [-0.39, 0.29) is 19.0 Å². The Bertz CT molecular complexity index is 1120. The Morgan fingerprint density at radius 3 is 2.08 bits per heavy atom. The lowest BCUT2D eigenvalue weighted by Gasteiger charge is -2.38. The van der Waals surface area contributed by atoms with Gasteiger partial charge in [-0.1, -0.05) is 0 Å². The number of carboxylic acids is 2. The van der Waals surface area contributed by atoms with Crippen molar-refractivity contribution in [3.63, 3.8) is 0 Å². The number of nitrogens with zero attached hydrogens (tertiary/aromatic N) is 2. The number of carboxylic acid groups (broad SMARTS) is 2. The number of carbonyl (C=O) groups is 3. The molecule has 2 heterocycles. The van der Waals surface area contributed by atoms with Crippen LogP contribution in [0.3, 0.4) is 0 Å². The quantitative estimate of drug-likeness (QED) is 0.469. The van der Waals surface area contributed by atoms with E-state index in [4.69, 9.17) is 9.84 Å². The van der Waals surface area contributed by atoms with Gasteiger partial charge in [0.25, 0.3) is 0 Å². The Labute approximate surface area is 223 Å². The summed E-state index contributed by atoms with van der Waals surface area (Å²) < 4.78 is 72.1. The predicted octanol–water partition coefficient (Wildman–Crippen LogP) is 2.35. The standard InChI is InChI=1S/C17H21F3N2O7S.C6H11NO2/c1-16(2,3)29-15(25)21-8-9-22(13(10-21)14(23)24)30(26,27)12-6-4-11(5-7-12)28-17(18,19)20;8-6(9)5-2-1-3-7-4-5/h4-7,13H,8-10H2,1-3H3,(H,23,24);5,7H,1-4H2,(H,8,9)/t13-;5-/m11/s1. The molecule has 2 atom stereocenters. The largest absolute Gasteiger partial charge is 0.573 e. The van der Waals surface area contributed by atoms with Crippen LogP contribution in [0.4, 0.5) is 18.0 Å². The van der Waals surface area contributed by atoms with E-state index in [9.17, 15) is 41.1 Å². The average Bonchev–Trinajstić information content (AvgIpc) is 2.83. The Morgan fingerprint density at radius 2 is 1.64 bits per heavy atom. The van der Waals surface area contributed by atoms with E-state index in [0.717, 1.165) is 48.6 Å². The molecule has 1 aromatic rings. The summed E-state index contributed by atoms with van der Waals surface area (Å²) in [5, 5.41) is 21.0. The number of ether oxygens (including phenoxy) is 2. The minimum atomic E-state index is -4.94. The first kappa shape index (κ1) is 32.1. The number of benzene rings is 1. The van der Waals surface area contributed by atoms with Gasteiger partial charge in [0, 0.05) is 19.6 Å². The van der Waals surface area contributed by atoms with Crippen LogP contribution in [0.5, 0.6) is 5.75 Å². The number of hydrogen-bond donors (Lipinski definition) is 3. The number of sulfonamides is 1. The summed E-state index contributed by atoms with van der Waals surface area (Å²) in [6.45, 7) is 5.62. The molecule has 12 nitrogen and oxygen atoms in total. The minimum absolute atomic E-state index is 0.118. The zero-order valence-corrected chi connectivity index (χ0v) is 22.4. The third-order valence-electron chi connectivity index (χ3n) is 5.58. The predicted molar refractivity (Wildman–Crippen MR) is 129 cm³/mol. The van der Waals surface area contributed by atoms with Crippen LogP contribution >= 0.6 is 0 Å². The number of carbonyl (C=O) groups excluding carboxylic acids is 1. The summed E-state index contributed by atoms with van der Waals surface area (Å²) >= 11 is 0. The lowest BCUT2D eigenvalue weighted by molar-refractivity contribution is -0.274. The molecule has 2 aliphatic heterocycles. The number of aliphatic carboxylic acids is 2. The van der Waals surface area contributed by atoms with Gasteiger partial charge in [-0.05, 0) is 64.4 Å². The van der Waals surface area contributed by atoms with Crippen molar-refractivity contribution < 1.29 is 55.7 Å². The summed E-state index contributed by atoms with van der Waals surface area (Å²) in [4.78, 5) is 34.9. The van der Waals surface area contributed by atoms with Crippen molar-refractivity contribution >= 4 is 28.1 Å². The third kappa shape index (κ3) is 9.85. The van der Waals surface area contributed by atoms with Gasteiger partial charge < -0.3 is 29.9 Å². The number of amides is 1. The summed E-state index contributed by atoms with van der Waals surface area (Å²) in [6.07, 6.45) is -3.88. The molecule has 1 amide bonds. The Morgan fingerprint density at radius 1 is 1.03 bits per heavy atom. The molecule has 0 aliphatic carbocycles. The van der Waals surface area contributed by atoms with Crippen LogP contribution in [0.15, 0.2) is 29.2 Å². The van der Waals surface area contributed by atoms with Crippen LogP contribution in [0.2, 0.25) is 0 Å². The molecule has 2 fully saturated rings. The number of alkyl halides is 3. The van der Waals surface area contributed by atoms with Crippen LogP contribution in [-0.4, -0.2) is 96.6 Å². The van der Waals surface area contributed by atoms with Crippen molar-refractivity contribution in [2.75, 3.05) is 32.7 Å². The maximum atomic E-state index is 12.9. The molecule has 2 aliphatic rings. The fourth-order valence-electron chi connectivity index (χ4n) is 3.76. The summed E-state index contributed by atoms with van der Waals surface area (Å²) in [5.74, 6) is -2.91. The van der Waals surface area contributed by atoms with Crippen LogP contribution in [-0.2, 0) is 24.3 Å². The molecule has 1 aromatic carbocycles. The van der Waals surface area contributed by atoms with E-state index in [1.807, 2.05) is 0 Å². The van der Waals surface area contributed by atoms with Gasteiger partial charge in [0.2, 0.25) is 10.0 Å². The number of piperazine rings is 1. The molecule has 39 heavy (non-hydrogen) atoms. The fourth-order valence-corrected chi connectivity index (χ4v) is 5.32. The van der Waals surface area contributed by atoms with E-state index in [1.54, 1.807) is 20.8 Å².